The van der Waals surface area contributed by atoms with Crippen molar-refractivity contribution in [3.8, 4) is 0 Å². The Morgan fingerprint density at radius 2 is 2.20 bits per heavy atom. The van der Waals surface area contributed by atoms with Crippen LogP contribution in [0.15, 0.2) is 0 Å². The van der Waals surface area contributed by atoms with Crippen LogP contribution in [0.2, 0.25) is 0 Å². The van der Waals surface area contributed by atoms with E-state index in [4.69, 9.17) is 4.74 Å². The summed E-state index contributed by atoms with van der Waals surface area (Å²) in [6.45, 7) is 3.48. The lowest BCUT2D eigenvalue weighted by atomic mass is 9.66. The smallest absolute Gasteiger partial charge is 0.305 e. The van der Waals surface area contributed by atoms with Crippen LogP contribution in [0, 0.1) is 5.41 Å². The van der Waals surface area contributed by atoms with Gasteiger partial charge < -0.3 is 10.1 Å². The zero-order chi connectivity index (χ0) is 10.7. The van der Waals surface area contributed by atoms with E-state index in [2.05, 4.69) is 5.32 Å². The van der Waals surface area contributed by atoms with E-state index in [-0.39, 0.29) is 5.97 Å². The first-order valence-corrected chi connectivity index (χ1v) is 6.13. The van der Waals surface area contributed by atoms with Gasteiger partial charge in [-0.25, -0.2) is 0 Å². The molecular weight excluding hydrogens is 190 g/mol. The minimum atomic E-state index is -0.0282. The van der Waals surface area contributed by atoms with Crippen LogP contribution < -0.4 is 5.32 Å². The predicted octanol–water partition coefficient (Wildman–Crippen LogP) is 1.86. The Balaban J connectivity index is 1.80. The molecule has 15 heavy (non-hydrogen) atoms. The van der Waals surface area contributed by atoms with Gasteiger partial charge >= 0.3 is 5.97 Å². The summed E-state index contributed by atoms with van der Waals surface area (Å²) in [6, 6.07) is 0.759. The van der Waals surface area contributed by atoms with Crippen LogP contribution in [-0.4, -0.2) is 25.2 Å². The third-order valence-electron chi connectivity index (χ3n) is 3.98. The van der Waals surface area contributed by atoms with Gasteiger partial charge in [0.2, 0.25) is 0 Å². The normalized spacial score (nSPS) is 34.1. The van der Waals surface area contributed by atoms with Crippen LogP contribution in [0.3, 0.4) is 0 Å². The van der Waals surface area contributed by atoms with E-state index in [0.717, 1.165) is 19.0 Å². The van der Waals surface area contributed by atoms with Crippen molar-refractivity contribution in [2.75, 3.05) is 13.2 Å². The number of ether oxygens (including phenoxy) is 1. The Labute approximate surface area is 91.6 Å². The quantitative estimate of drug-likeness (QED) is 0.721. The lowest BCUT2D eigenvalue weighted by molar-refractivity contribution is -0.144. The monoisotopic (exact) mass is 211 g/mol. The number of piperidine rings is 2. The van der Waals surface area contributed by atoms with Gasteiger partial charge in [-0.1, -0.05) is 0 Å². The maximum atomic E-state index is 11.3. The molecule has 3 heteroatoms. The summed E-state index contributed by atoms with van der Waals surface area (Å²) in [5.41, 5.74) is 0.404. The molecule has 1 aliphatic carbocycles. The Kier molecular flexibility index (Phi) is 3.29. The minimum Gasteiger partial charge on any atom is -0.466 e. The topological polar surface area (TPSA) is 38.3 Å². The largest absolute Gasteiger partial charge is 0.466 e. The second-order valence-electron chi connectivity index (χ2n) is 4.96. The fourth-order valence-corrected chi connectivity index (χ4v) is 2.91. The standard InChI is InChI=1S/C12H21NO2/c1-2-15-11(14)5-8-12-6-3-10(4-7-12)13-9-12/h10,13H,2-9H2,1H3. The highest BCUT2D eigenvalue weighted by Gasteiger charge is 2.39. The summed E-state index contributed by atoms with van der Waals surface area (Å²) in [4.78, 5) is 11.3. The number of nitrogens with one attached hydrogen (secondary N) is 1. The highest BCUT2D eigenvalue weighted by molar-refractivity contribution is 5.69. The molecule has 86 valence electrons. The van der Waals surface area contributed by atoms with Crippen molar-refractivity contribution < 1.29 is 9.53 Å². The van der Waals surface area contributed by atoms with Gasteiger partial charge in [0.25, 0.3) is 0 Å². The van der Waals surface area contributed by atoms with E-state index in [1.165, 1.54) is 25.7 Å². The van der Waals surface area contributed by atoms with Gasteiger partial charge in [-0.05, 0) is 44.4 Å². The molecule has 3 nitrogen and oxygen atoms in total. The molecule has 3 rings (SSSR count). The molecule has 2 saturated heterocycles. The van der Waals surface area contributed by atoms with E-state index in [1.54, 1.807) is 0 Å². The molecular formula is C12H21NO2. The highest BCUT2D eigenvalue weighted by Crippen LogP contribution is 2.43. The van der Waals surface area contributed by atoms with Gasteiger partial charge in [0, 0.05) is 19.0 Å². The third kappa shape index (κ3) is 2.51. The molecule has 3 aliphatic rings. The summed E-state index contributed by atoms with van der Waals surface area (Å²) < 4.78 is 4.98. The Hall–Kier alpha value is -0.570. The Morgan fingerprint density at radius 3 is 2.73 bits per heavy atom. The van der Waals surface area contributed by atoms with Gasteiger partial charge in [-0.2, -0.15) is 0 Å². The van der Waals surface area contributed by atoms with Gasteiger partial charge in [-0.3, -0.25) is 4.79 Å². The fourth-order valence-electron chi connectivity index (χ4n) is 2.91. The van der Waals surface area contributed by atoms with Crippen molar-refractivity contribution in [2.45, 2.75) is 51.5 Å². The average Bonchev–Trinajstić information content (AvgIpc) is 2.30. The first-order chi connectivity index (χ1) is 7.24. The summed E-state index contributed by atoms with van der Waals surface area (Å²) >= 11 is 0. The van der Waals surface area contributed by atoms with Gasteiger partial charge in [0.15, 0.2) is 0 Å². The molecule has 0 unspecified atom stereocenters. The van der Waals surface area contributed by atoms with Crippen LogP contribution in [0.4, 0.5) is 0 Å². The van der Waals surface area contributed by atoms with Gasteiger partial charge in [0.1, 0.15) is 0 Å². The molecule has 2 heterocycles. The molecule has 0 aromatic carbocycles. The van der Waals surface area contributed by atoms with Crippen molar-refractivity contribution in [1.82, 2.24) is 5.32 Å². The van der Waals surface area contributed by atoms with E-state index in [1.807, 2.05) is 6.92 Å². The molecule has 0 atom stereocenters. The van der Waals surface area contributed by atoms with E-state index < -0.39 is 0 Å². The van der Waals surface area contributed by atoms with Crippen LogP contribution in [0.1, 0.15) is 45.4 Å². The second-order valence-corrected chi connectivity index (χ2v) is 4.96. The summed E-state index contributed by atoms with van der Waals surface area (Å²) in [6.07, 6.45) is 6.78. The van der Waals surface area contributed by atoms with E-state index >= 15 is 0 Å². The average molecular weight is 211 g/mol. The molecule has 0 spiro atoms. The van der Waals surface area contributed by atoms with Crippen molar-refractivity contribution in [3.63, 3.8) is 0 Å². The summed E-state index contributed by atoms with van der Waals surface area (Å²) in [7, 11) is 0. The molecule has 0 radical (unpaired) electrons. The molecule has 0 aromatic rings. The SMILES string of the molecule is CCOC(=O)CCC12CCC(CC1)NC2. The minimum absolute atomic E-state index is 0.0282. The first-order valence-electron chi connectivity index (χ1n) is 6.13. The molecule has 1 saturated carbocycles. The Bertz CT molecular complexity index is 218. The summed E-state index contributed by atoms with van der Waals surface area (Å²) in [5.74, 6) is -0.0282. The van der Waals surface area contributed by atoms with E-state index in [0.29, 0.717) is 18.4 Å². The van der Waals surface area contributed by atoms with Crippen molar-refractivity contribution >= 4 is 5.97 Å². The number of carbonyl (C=O) groups excluding carboxylic acids is 1. The third-order valence-corrected chi connectivity index (χ3v) is 3.98. The van der Waals surface area contributed by atoms with Crippen molar-refractivity contribution in [3.05, 3.63) is 0 Å². The van der Waals surface area contributed by atoms with Gasteiger partial charge in [0.05, 0.1) is 6.61 Å². The van der Waals surface area contributed by atoms with Crippen LogP contribution in [0.25, 0.3) is 0 Å². The maximum absolute atomic E-state index is 11.3. The molecule has 3 fully saturated rings. The number of esters is 1. The van der Waals surface area contributed by atoms with Crippen molar-refractivity contribution in [2.24, 2.45) is 5.41 Å². The zero-order valence-corrected chi connectivity index (χ0v) is 9.55. The molecule has 2 aliphatic heterocycles. The number of hydrogen-bond donors (Lipinski definition) is 1. The van der Waals surface area contributed by atoms with Crippen LogP contribution in [-0.2, 0) is 9.53 Å². The zero-order valence-electron chi connectivity index (χ0n) is 9.55. The molecule has 0 aromatic heterocycles. The second kappa shape index (κ2) is 4.52. The number of rotatable bonds is 4. The lowest BCUT2D eigenvalue weighted by Gasteiger charge is -2.47. The summed E-state index contributed by atoms with van der Waals surface area (Å²) in [5, 5.41) is 3.56. The molecule has 0 amide bonds. The van der Waals surface area contributed by atoms with Gasteiger partial charge in [-0.15, -0.1) is 0 Å². The first kappa shape index (κ1) is 10.9. The number of carbonyl (C=O) groups is 1. The molecule has 1 N–H and O–H groups in total. The predicted molar refractivity (Wildman–Crippen MR) is 58.6 cm³/mol. The maximum Gasteiger partial charge on any atom is 0.305 e. The van der Waals surface area contributed by atoms with Crippen LogP contribution in [0.5, 0.6) is 0 Å². The van der Waals surface area contributed by atoms with Crippen molar-refractivity contribution in [1.29, 1.82) is 0 Å². The number of fused-ring (bicyclic) bond motifs is 3. The van der Waals surface area contributed by atoms with E-state index in [9.17, 15) is 4.79 Å². The molecule has 2 bridgehead atoms. The Morgan fingerprint density at radius 1 is 1.47 bits per heavy atom. The fraction of sp³-hybridized carbons (Fsp3) is 0.917. The van der Waals surface area contributed by atoms with Crippen LogP contribution >= 0.6 is 0 Å². The lowest BCUT2D eigenvalue weighted by Crippen LogP contribution is -2.51. The number of hydrogen-bond acceptors (Lipinski definition) is 3. The highest BCUT2D eigenvalue weighted by atomic mass is 16.5.